The van der Waals surface area contributed by atoms with Gasteiger partial charge < -0.3 is 44.6 Å². The molecule has 47 heavy (non-hydrogen) atoms. The molecule has 7 heterocycles. The fourth-order valence-electron chi connectivity index (χ4n) is 6.00. The van der Waals surface area contributed by atoms with Crippen molar-refractivity contribution in [1.82, 2.24) is 39.0 Å². The number of fused-ring (bicyclic) bond motifs is 5. The monoisotopic (exact) mass is 697 g/mol. The van der Waals surface area contributed by atoms with Crippen LogP contribution in [0.3, 0.4) is 0 Å². The van der Waals surface area contributed by atoms with Gasteiger partial charge in [0.1, 0.15) is 43.7 Å². The molecule has 0 aliphatic carbocycles. The molecule has 3 aliphatic heterocycles. The van der Waals surface area contributed by atoms with Gasteiger partial charge in [0.25, 0.3) is 5.56 Å². The molecule has 4 aromatic rings. The van der Waals surface area contributed by atoms with Crippen molar-refractivity contribution in [2.45, 2.75) is 62.7 Å². The van der Waals surface area contributed by atoms with Crippen molar-refractivity contribution in [3.05, 3.63) is 29.3 Å². The van der Waals surface area contributed by atoms with Crippen LogP contribution in [-0.4, -0.2) is 100 Å². The number of ether oxygens (including phenoxy) is 2. The summed E-state index contributed by atoms with van der Waals surface area (Å²) in [4.78, 5) is 46.3. The number of nitrogen functional groups attached to an aromatic ring is 2. The zero-order valence-electron chi connectivity index (χ0n) is 23.9. The average molecular weight is 697 g/mol. The zero-order chi connectivity index (χ0) is 33.2. The van der Waals surface area contributed by atoms with E-state index in [1.165, 1.54) is 28.1 Å². The van der Waals surface area contributed by atoms with Gasteiger partial charge in [-0.3, -0.25) is 28.0 Å². The predicted molar refractivity (Wildman–Crippen MR) is 164 cm³/mol. The number of nitrogens with zero attached hydrogens (tertiary/aromatic N) is 7. The van der Waals surface area contributed by atoms with E-state index in [2.05, 4.69) is 29.9 Å². The number of anilines is 2. The quantitative estimate of drug-likeness (QED) is 0.127. The number of hydrogen-bond acceptors (Lipinski definition) is 17. The second kappa shape index (κ2) is 12.0. The fraction of sp³-hybridized carbons (Fsp3) is 0.565. The molecule has 0 amide bonds. The fourth-order valence-corrected chi connectivity index (χ4v) is 7.75. The molecular formula is C23H32BN10O11P2-. The van der Waals surface area contributed by atoms with Gasteiger partial charge in [-0.2, -0.15) is 4.98 Å². The van der Waals surface area contributed by atoms with Gasteiger partial charge in [0.05, 0.1) is 39.5 Å². The van der Waals surface area contributed by atoms with Gasteiger partial charge in [0, 0.05) is 5.92 Å². The number of nitrogens with one attached hydrogen (secondary N) is 1. The minimum absolute atomic E-state index is 0.00823. The van der Waals surface area contributed by atoms with E-state index in [-0.39, 0.29) is 34.1 Å². The Bertz CT molecular complexity index is 1980. The molecule has 24 heteroatoms. The third-order valence-corrected chi connectivity index (χ3v) is 9.78. The van der Waals surface area contributed by atoms with E-state index in [9.17, 15) is 23.9 Å². The van der Waals surface area contributed by atoms with Crippen LogP contribution in [0.15, 0.2) is 23.8 Å². The van der Waals surface area contributed by atoms with Gasteiger partial charge in [-0.05, 0) is 6.42 Å². The van der Waals surface area contributed by atoms with Crippen molar-refractivity contribution in [1.29, 1.82) is 0 Å². The van der Waals surface area contributed by atoms with Crippen LogP contribution in [0.4, 0.5) is 11.8 Å². The second-order valence-electron chi connectivity index (χ2n) is 10.9. The van der Waals surface area contributed by atoms with Gasteiger partial charge >= 0.3 is 7.82 Å². The number of imidazole rings is 2. The van der Waals surface area contributed by atoms with E-state index in [4.69, 9.17) is 39.0 Å². The van der Waals surface area contributed by atoms with Gasteiger partial charge in [-0.25, -0.2) is 24.5 Å². The molecule has 3 fully saturated rings. The number of phosphoric acid groups is 1. The van der Waals surface area contributed by atoms with E-state index in [0.717, 1.165) is 0 Å². The van der Waals surface area contributed by atoms with Crippen molar-refractivity contribution in [3.63, 3.8) is 0 Å². The first-order valence-electron chi connectivity index (χ1n) is 14.1. The Kier molecular flexibility index (Phi) is 8.23. The SMILES string of the molecule is [BH3-]P1(=O)OC[C@H]2O[C@@H](n3cnc4c(N)ncnc43)[C@@H](O)C2OP(=O)(O)OC[C@H]2O[C@@H](n3cnc4c(=O)[nH]c(N)nc43)[C@@H](O1)C2CCC. The molecule has 4 aromatic heterocycles. The summed E-state index contributed by atoms with van der Waals surface area (Å²) in [6.45, 7) is 1.04. The van der Waals surface area contributed by atoms with Crippen molar-refractivity contribution >= 4 is 57.0 Å². The number of aliphatic hydroxyl groups excluding tert-OH is 1. The summed E-state index contributed by atoms with van der Waals surface area (Å²) in [5.41, 5.74) is 11.7. The maximum absolute atomic E-state index is 14.1. The van der Waals surface area contributed by atoms with E-state index in [1.54, 1.807) is 0 Å². The predicted octanol–water partition coefficient (Wildman–Crippen LogP) is -0.913. The lowest BCUT2D eigenvalue weighted by Gasteiger charge is -2.31. The summed E-state index contributed by atoms with van der Waals surface area (Å²) in [7, 11) is -9.80. The maximum atomic E-state index is 14.1. The van der Waals surface area contributed by atoms with Crippen LogP contribution in [0.1, 0.15) is 32.2 Å². The molecule has 7 rings (SSSR count). The summed E-state index contributed by atoms with van der Waals surface area (Å²) in [5, 5.41) is 11.3. The minimum atomic E-state index is -4.89. The smallest absolute Gasteiger partial charge is 0.386 e. The number of aromatic nitrogens is 8. The van der Waals surface area contributed by atoms with Crippen LogP contribution in [0, 0.1) is 5.92 Å². The highest BCUT2D eigenvalue weighted by molar-refractivity contribution is 7.79. The van der Waals surface area contributed by atoms with E-state index < -0.39 is 90.5 Å². The molecule has 10 atom stereocenters. The molecule has 3 saturated heterocycles. The number of rotatable bonds is 4. The summed E-state index contributed by atoms with van der Waals surface area (Å²) < 4.78 is 65.7. The number of aliphatic hydroxyl groups is 1. The minimum Gasteiger partial charge on any atom is -0.386 e. The molecule has 0 saturated carbocycles. The van der Waals surface area contributed by atoms with Crippen molar-refractivity contribution < 1.29 is 46.7 Å². The molecule has 21 nitrogen and oxygen atoms in total. The molecule has 0 radical (unpaired) electrons. The third-order valence-electron chi connectivity index (χ3n) is 8.02. The number of H-pyrrole nitrogens is 1. The highest BCUT2D eigenvalue weighted by Crippen LogP contribution is 2.55. The molecule has 0 spiro atoms. The lowest BCUT2D eigenvalue weighted by atomic mass is 9.93. The van der Waals surface area contributed by atoms with Crippen LogP contribution in [0.5, 0.6) is 0 Å². The van der Waals surface area contributed by atoms with Gasteiger partial charge in [-0.1, -0.05) is 13.3 Å². The standard InChI is InChI=1S/C23H32BN10O11P2/c1-2-3-9-10-4-41-47(38,39)45-16-11(43-21(14(16)35)33-7-29-12-17(25)27-6-28-18(12)33)5-40-46(24,37)44-15(9)22(42-10)34-8-30-13-19(34)31-23(26)32-20(13)36/h6-11,14-16,21-22,35H,2-5H2,1,24H3,(H,38,39)(H2,25,27,28)(H3,26,31,32,36)/q-1/t9?,10-,11-,14+,15+,16?,21-,22-,46?/m1/s1. The van der Waals surface area contributed by atoms with Crippen molar-refractivity contribution in [3.8, 4) is 0 Å². The molecule has 4 unspecified atom stereocenters. The Hall–Kier alpha value is -3.30. The number of nitrogens with two attached hydrogens (primary N) is 2. The first kappa shape index (κ1) is 32.3. The molecule has 2 bridgehead atoms. The Balaban J connectivity index is 1.23. The molecule has 3 aliphatic rings. The summed E-state index contributed by atoms with van der Waals surface area (Å²) >= 11 is 0. The van der Waals surface area contributed by atoms with Crippen LogP contribution in [0.2, 0.25) is 0 Å². The van der Waals surface area contributed by atoms with Crippen molar-refractivity contribution in [2.24, 2.45) is 5.92 Å². The van der Waals surface area contributed by atoms with Crippen LogP contribution < -0.4 is 17.0 Å². The molecule has 0 aromatic carbocycles. The number of phosphoric ester groups is 1. The highest BCUT2D eigenvalue weighted by atomic mass is 31.2. The normalized spacial score (nSPS) is 36.6. The van der Waals surface area contributed by atoms with E-state index in [0.29, 0.717) is 12.8 Å². The zero-order valence-corrected chi connectivity index (χ0v) is 25.7. The Morgan fingerprint density at radius 1 is 0.979 bits per heavy atom. The highest BCUT2D eigenvalue weighted by Gasteiger charge is 2.52. The third kappa shape index (κ3) is 5.88. The number of aromatic amines is 1. The summed E-state index contributed by atoms with van der Waals surface area (Å²) in [6, 6.07) is 0. The van der Waals surface area contributed by atoms with Crippen LogP contribution >= 0.6 is 15.3 Å². The summed E-state index contributed by atoms with van der Waals surface area (Å²) in [5.74, 6) is -0.563. The lowest BCUT2D eigenvalue weighted by Crippen LogP contribution is -2.36. The van der Waals surface area contributed by atoms with Gasteiger partial charge in [0.2, 0.25) is 5.95 Å². The van der Waals surface area contributed by atoms with E-state index >= 15 is 0 Å². The second-order valence-corrected chi connectivity index (χ2v) is 13.2. The molecule has 254 valence electrons. The van der Waals surface area contributed by atoms with Crippen molar-refractivity contribution in [2.75, 3.05) is 24.7 Å². The van der Waals surface area contributed by atoms with Gasteiger partial charge in [-0.15, -0.1) is 0 Å². The first-order chi connectivity index (χ1) is 22.4. The summed E-state index contributed by atoms with van der Waals surface area (Å²) in [6.07, 6.45) is -3.32. The largest absolute Gasteiger partial charge is 0.472 e. The van der Waals surface area contributed by atoms with Crippen LogP contribution in [-0.2, 0) is 36.7 Å². The maximum Gasteiger partial charge on any atom is 0.472 e. The van der Waals surface area contributed by atoms with Gasteiger partial charge in [0.15, 0.2) is 35.1 Å². The Labute approximate surface area is 265 Å². The Morgan fingerprint density at radius 2 is 1.68 bits per heavy atom. The lowest BCUT2D eigenvalue weighted by molar-refractivity contribution is -0.0613. The molecular weight excluding hydrogens is 665 g/mol. The first-order valence-corrected chi connectivity index (χ1v) is 16.7. The number of hydrogen-bond donors (Lipinski definition) is 5. The average Bonchev–Trinajstić information content (AvgIpc) is 3.76. The van der Waals surface area contributed by atoms with Crippen LogP contribution in [0.25, 0.3) is 22.3 Å². The Morgan fingerprint density at radius 3 is 2.45 bits per heavy atom. The molecule has 7 N–H and O–H groups in total. The van der Waals surface area contributed by atoms with E-state index in [1.807, 2.05) is 6.92 Å². The topological polar surface area (TPSA) is 289 Å².